The van der Waals surface area contributed by atoms with E-state index in [0.717, 1.165) is 19.3 Å². The van der Waals surface area contributed by atoms with Crippen LogP contribution in [-0.4, -0.2) is 87.9 Å². The van der Waals surface area contributed by atoms with Crippen LogP contribution in [0.2, 0.25) is 0 Å². The van der Waals surface area contributed by atoms with E-state index < -0.39 is 49.0 Å². The van der Waals surface area contributed by atoms with Gasteiger partial charge in [0.2, 0.25) is 12.2 Å². The van der Waals surface area contributed by atoms with E-state index in [2.05, 4.69) is 10.6 Å². The number of fused-ring (bicyclic) bond motifs is 1. The lowest BCUT2D eigenvalue weighted by Gasteiger charge is -2.39. The fraction of sp³-hybridized carbons (Fsp3) is 0.542. The van der Waals surface area contributed by atoms with Gasteiger partial charge in [-0.25, -0.2) is 9.59 Å². The zero-order valence-corrected chi connectivity index (χ0v) is 20.0. The van der Waals surface area contributed by atoms with Gasteiger partial charge in [0.05, 0.1) is 13.0 Å². The first-order valence-electron chi connectivity index (χ1n) is 12.0. The molecular weight excluding hydrogens is 492 g/mol. The molecule has 2 heterocycles. The fourth-order valence-electron chi connectivity index (χ4n) is 3.99. The van der Waals surface area contributed by atoms with Crippen LogP contribution in [0, 0.1) is 0 Å². The minimum atomic E-state index is -1.60. The highest BCUT2D eigenvalue weighted by Gasteiger charge is 2.44. The number of carboxylic acid groups (broad SMARTS) is 1. The first kappa shape index (κ1) is 28.3. The maximum absolute atomic E-state index is 12.4. The lowest BCUT2D eigenvalue weighted by molar-refractivity contribution is -0.277. The molecule has 0 bridgehead atoms. The topological polar surface area (TPSA) is 208 Å². The third kappa shape index (κ3) is 7.87. The molecule has 13 heteroatoms. The number of ether oxygens (including phenoxy) is 2. The Hall–Kier alpha value is -3.23. The van der Waals surface area contributed by atoms with E-state index in [1.54, 1.807) is 6.07 Å². The molecule has 1 aromatic heterocycles. The van der Waals surface area contributed by atoms with Crippen molar-refractivity contribution in [1.82, 2.24) is 10.6 Å². The monoisotopic (exact) mass is 524 g/mol. The van der Waals surface area contributed by atoms with Crippen molar-refractivity contribution in [2.75, 3.05) is 19.7 Å². The average molecular weight is 525 g/mol. The number of unbranched alkanes of at least 4 members (excludes halogenated alkanes) is 3. The Kier molecular flexibility index (Phi) is 10.2. The molecule has 37 heavy (non-hydrogen) atoms. The summed E-state index contributed by atoms with van der Waals surface area (Å²) in [6.07, 6.45) is -5.27. The third-order valence-electron chi connectivity index (χ3n) is 5.96. The predicted molar refractivity (Wildman–Crippen MR) is 128 cm³/mol. The minimum Gasteiger partial charge on any atom is -0.465 e. The molecule has 1 fully saturated rings. The molecule has 3 rings (SSSR count). The second-order valence-corrected chi connectivity index (χ2v) is 8.74. The number of aliphatic hydroxyl groups excluding tert-OH is 4. The van der Waals surface area contributed by atoms with Crippen molar-refractivity contribution >= 4 is 23.0 Å². The number of benzene rings is 1. The Morgan fingerprint density at radius 1 is 0.946 bits per heavy atom. The van der Waals surface area contributed by atoms with Crippen LogP contribution in [0.5, 0.6) is 5.75 Å². The van der Waals surface area contributed by atoms with E-state index in [0.29, 0.717) is 30.5 Å². The van der Waals surface area contributed by atoms with E-state index in [4.69, 9.17) is 19.0 Å². The van der Waals surface area contributed by atoms with E-state index >= 15 is 0 Å². The van der Waals surface area contributed by atoms with Gasteiger partial charge in [-0.3, -0.25) is 4.79 Å². The van der Waals surface area contributed by atoms with Crippen LogP contribution < -0.4 is 21.0 Å². The molecule has 13 nitrogen and oxygen atoms in total. The lowest BCUT2D eigenvalue weighted by Crippen LogP contribution is -2.60. The molecule has 1 saturated heterocycles. The van der Waals surface area contributed by atoms with Gasteiger partial charge in [-0.2, -0.15) is 0 Å². The Bertz CT molecular complexity index is 1120. The SMILES string of the molecule is O=C(O)NCCCCCCNC(=O)Cc1cc(=O)oc2cc(O[C@@H]3O[C@H](CO)[C@H](O)[C@H](O)[C@H]3O)ccc12. The van der Waals surface area contributed by atoms with E-state index in [1.807, 2.05) is 0 Å². The number of carbonyl (C=O) groups excluding carboxylic acids is 1. The molecule has 2 amide bonds. The summed E-state index contributed by atoms with van der Waals surface area (Å²) in [4.78, 5) is 34.9. The summed E-state index contributed by atoms with van der Waals surface area (Å²) in [6, 6.07) is 5.68. The quantitative estimate of drug-likeness (QED) is 0.138. The van der Waals surface area contributed by atoms with Crippen LogP contribution in [0.15, 0.2) is 33.5 Å². The van der Waals surface area contributed by atoms with Crippen LogP contribution in [0.3, 0.4) is 0 Å². The van der Waals surface area contributed by atoms with Crippen molar-refractivity contribution in [1.29, 1.82) is 0 Å². The molecule has 5 atom stereocenters. The molecule has 0 aliphatic carbocycles. The molecule has 2 aromatic rings. The standard InChI is InChI=1S/C24H32N2O11/c27-12-17-20(30)21(31)22(32)23(37-17)35-14-5-6-15-13(10-19(29)36-16(15)11-14)9-18(28)25-7-3-1-2-4-8-26-24(33)34/h5-6,10-11,17,20-23,26-27,30-32H,1-4,7-9,12H2,(H,25,28)(H,33,34)/t17-,20+,21+,22-,23-/m1/s1. The second-order valence-electron chi connectivity index (χ2n) is 8.74. The highest BCUT2D eigenvalue weighted by molar-refractivity contribution is 5.87. The summed E-state index contributed by atoms with van der Waals surface area (Å²) in [5.41, 5.74) is -0.0921. The van der Waals surface area contributed by atoms with Crippen molar-refractivity contribution in [3.63, 3.8) is 0 Å². The molecule has 0 unspecified atom stereocenters. The number of carbonyl (C=O) groups is 2. The largest absolute Gasteiger partial charge is 0.465 e. The summed E-state index contributed by atoms with van der Waals surface area (Å²) in [7, 11) is 0. The van der Waals surface area contributed by atoms with Crippen LogP contribution in [0.4, 0.5) is 4.79 Å². The van der Waals surface area contributed by atoms with Gasteiger partial charge >= 0.3 is 11.7 Å². The van der Waals surface area contributed by atoms with Crippen molar-refractivity contribution in [3.8, 4) is 5.75 Å². The molecule has 0 radical (unpaired) electrons. The van der Waals surface area contributed by atoms with E-state index in [-0.39, 0.29) is 23.7 Å². The Morgan fingerprint density at radius 2 is 1.65 bits per heavy atom. The normalized spacial score (nSPS) is 23.5. The first-order chi connectivity index (χ1) is 17.7. The van der Waals surface area contributed by atoms with Crippen molar-refractivity contribution in [3.05, 3.63) is 40.2 Å². The van der Waals surface area contributed by atoms with Crippen LogP contribution >= 0.6 is 0 Å². The maximum Gasteiger partial charge on any atom is 0.404 e. The van der Waals surface area contributed by atoms with Gasteiger partial charge in [0.1, 0.15) is 35.7 Å². The van der Waals surface area contributed by atoms with Gasteiger partial charge < -0.3 is 50.1 Å². The van der Waals surface area contributed by atoms with Gasteiger partial charge in [0, 0.05) is 30.6 Å². The van der Waals surface area contributed by atoms with Gasteiger partial charge in [-0.15, -0.1) is 0 Å². The number of hydrogen-bond acceptors (Lipinski definition) is 10. The molecule has 204 valence electrons. The Labute approximate surface area is 211 Å². The zero-order valence-electron chi connectivity index (χ0n) is 20.0. The number of aliphatic hydroxyl groups is 4. The molecule has 1 aromatic carbocycles. The molecule has 0 saturated carbocycles. The molecule has 0 spiro atoms. The zero-order chi connectivity index (χ0) is 26.9. The fourth-order valence-corrected chi connectivity index (χ4v) is 3.99. The summed E-state index contributed by atoms with van der Waals surface area (Å²) in [6.45, 7) is 0.232. The maximum atomic E-state index is 12.4. The van der Waals surface area contributed by atoms with Crippen molar-refractivity contribution in [2.45, 2.75) is 62.8 Å². The first-order valence-corrected chi connectivity index (χ1v) is 12.0. The van der Waals surface area contributed by atoms with E-state index in [1.165, 1.54) is 18.2 Å². The Balaban J connectivity index is 1.57. The second kappa shape index (κ2) is 13.4. The van der Waals surface area contributed by atoms with Crippen LogP contribution in [0.25, 0.3) is 11.0 Å². The van der Waals surface area contributed by atoms with Crippen molar-refractivity contribution in [2.24, 2.45) is 0 Å². The minimum absolute atomic E-state index is 0.0580. The molecule has 1 aliphatic heterocycles. The number of hydrogen-bond donors (Lipinski definition) is 7. The summed E-state index contributed by atoms with van der Waals surface area (Å²) in [5, 5.41) is 53.4. The van der Waals surface area contributed by atoms with Gasteiger partial charge in [0.25, 0.3) is 0 Å². The van der Waals surface area contributed by atoms with Crippen LogP contribution in [-0.2, 0) is 16.0 Å². The smallest absolute Gasteiger partial charge is 0.404 e. The summed E-state index contributed by atoms with van der Waals surface area (Å²) < 4.78 is 16.1. The van der Waals surface area contributed by atoms with Crippen molar-refractivity contribution < 1.29 is 49.0 Å². The van der Waals surface area contributed by atoms with Gasteiger partial charge in [0.15, 0.2) is 0 Å². The molecule has 1 aliphatic rings. The summed E-state index contributed by atoms with van der Waals surface area (Å²) >= 11 is 0. The lowest BCUT2D eigenvalue weighted by atomic mass is 9.99. The van der Waals surface area contributed by atoms with E-state index in [9.17, 15) is 34.8 Å². The van der Waals surface area contributed by atoms with Gasteiger partial charge in [-0.1, -0.05) is 12.8 Å². The summed E-state index contributed by atoms with van der Waals surface area (Å²) in [5.74, 6) is -0.152. The van der Waals surface area contributed by atoms with Crippen LogP contribution in [0.1, 0.15) is 31.2 Å². The number of amides is 2. The highest BCUT2D eigenvalue weighted by atomic mass is 16.7. The molecule has 7 N–H and O–H groups in total. The molecular formula is C24H32N2O11. The number of nitrogens with one attached hydrogen (secondary N) is 2. The highest BCUT2D eigenvalue weighted by Crippen LogP contribution is 2.27. The predicted octanol–water partition coefficient (Wildman–Crippen LogP) is -0.542. The third-order valence-corrected chi connectivity index (χ3v) is 5.96. The Morgan fingerprint density at radius 3 is 2.32 bits per heavy atom. The number of rotatable bonds is 12. The average Bonchev–Trinajstić information content (AvgIpc) is 2.85. The van der Waals surface area contributed by atoms with Gasteiger partial charge in [-0.05, 0) is 30.5 Å².